The highest BCUT2D eigenvalue weighted by atomic mass is 32.1. The standard InChI is InChI=1S/C19H19N3OS2/c20-19(23)17-9-8-16(25-17)15-7-4-10-22(15)11-18-21-14(12-24-18)13-5-2-1-3-6-13/h1-3,5-6,8-9,12,15H,4,7,10-11H2,(H2,20,23)/t15-/m0/s1. The molecule has 0 saturated carbocycles. The van der Waals surface area contributed by atoms with Gasteiger partial charge in [0.25, 0.3) is 5.91 Å². The van der Waals surface area contributed by atoms with Gasteiger partial charge in [-0.15, -0.1) is 22.7 Å². The van der Waals surface area contributed by atoms with Gasteiger partial charge in [-0.1, -0.05) is 30.3 Å². The van der Waals surface area contributed by atoms with E-state index >= 15 is 0 Å². The number of carbonyl (C=O) groups excluding carboxylic acids is 1. The third-order valence-corrected chi connectivity index (χ3v) is 6.56. The van der Waals surface area contributed by atoms with Gasteiger partial charge in [0.15, 0.2) is 0 Å². The zero-order valence-electron chi connectivity index (χ0n) is 13.7. The molecule has 1 saturated heterocycles. The van der Waals surface area contributed by atoms with Gasteiger partial charge < -0.3 is 5.73 Å². The summed E-state index contributed by atoms with van der Waals surface area (Å²) in [4.78, 5) is 20.5. The van der Waals surface area contributed by atoms with Crippen molar-refractivity contribution < 1.29 is 4.79 Å². The fraction of sp³-hybridized carbons (Fsp3) is 0.263. The summed E-state index contributed by atoms with van der Waals surface area (Å²) in [6.45, 7) is 1.92. The summed E-state index contributed by atoms with van der Waals surface area (Å²) in [5, 5.41) is 3.27. The lowest BCUT2D eigenvalue weighted by Gasteiger charge is -2.22. The fourth-order valence-electron chi connectivity index (χ4n) is 3.30. The number of rotatable bonds is 5. The topological polar surface area (TPSA) is 59.2 Å². The maximum atomic E-state index is 11.3. The Kier molecular flexibility index (Phi) is 4.65. The first-order valence-electron chi connectivity index (χ1n) is 8.34. The van der Waals surface area contributed by atoms with Crippen LogP contribution in [0, 0.1) is 0 Å². The Labute approximate surface area is 154 Å². The molecule has 1 aromatic carbocycles. The molecule has 1 aliphatic heterocycles. The molecule has 2 aromatic heterocycles. The largest absolute Gasteiger partial charge is 0.365 e. The number of benzene rings is 1. The maximum Gasteiger partial charge on any atom is 0.258 e. The first-order chi connectivity index (χ1) is 12.2. The van der Waals surface area contributed by atoms with Crippen LogP contribution >= 0.6 is 22.7 Å². The molecule has 4 rings (SSSR count). The van der Waals surface area contributed by atoms with Crippen molar-refractivity contribution in [2.75, 3.05) is 6.54 Å². The second kappa shape index (κ2) is 7.07. The first kappa shape index (κ1) is 16.4. The number of thiazole rings is 1. The smallest absolute Gasteiger partial charge is 0.258 e. The van der Waals surface area contributed by atoms with Crippen molar-refractivity contribution in [2.24, 2.45) is 5.73 Å². The molecule has 0 radical (unpaired) electrons. The highest BCUT2D eigenvalue weighted by molar-refractivity contribution is 7.14. The monoisotopic (exact) mass is 369 g/mol. The molecule has 0 unspecified atom stereocenters. The van der Waals surface area contributed by atoms with E-state index in [0.717, 1.165) is 35.8 Å². The number of primary amides is 1. The number of hydrogen-bond donors (Lipinski definition) is 1. The van der Waals surface area contributed by atoms with Crippen molar-refractivity contribution in [3.63, 3.8) is 0 Å². The Morgan fingerprint density at radius 3 is 2.84 bits per heavy atom. The minimum absolute atomic E-state index is 0.340. The van der Waals surface area contributed by atoms with Gasteiger partial charge >= 0.3 is 0 Å². The lowest BCUT2D eigenvalue weighted by molar-refractivity contribution is 0.100. The number of likely N-dealkylation sites (tertiary alicyclic amines) is 1. The maximum absolute atomic E-state index is 11.3. The number of aromatic nitrogens is 1. The Balaban J connectivity index is 1.50. The number of nitrogens with two attached hydrogens (primary N) is 1. The lowest BCUT2D eigenvalue weighted by Crippen LogP contribution is -2.22. The summed E-state index contributed by atoms with van der Waals surface area (Å²) in [6, 6.07) is 14.5. The molecule has 4 nitrogen and oxygen atoms in total. The zero-order valence-corrected chi connectivity index (χ0v) is 15.4. The van der Waals surface area contributed by atoms with E-state index in [1.165, 1.54) is 22.6 Å². The van der Waals surface area contributed by atoms with E-state index in [4.69, 9.17) is 10.7 Å². The van der Waals surface area contributed by atoms with Gasteiger partial charge in [-0.05, 0) is 31.5 Å². The lowest BCUT2D eigenvalue weighted by atomic mass is 10.2. The Hall–Kier alpha value is -2.02. The summed E-state index contributed by atoms with van der Waals surface area (Å²) < 4.78 is 0. The highest BCUT2D eigenvalue weighted by Crippen LogP contribution is 2.37. The summed E-state index contributed by atoms with van der Waals surface area (Å²) in [5.74, 6) is -0.340. The highest BCUT2D eigenvalue weighted by Gasteiger charge is 2.28. The minimum Gasteiger partial charge on any atom is -0.365 e. The van der Waals surface area contributed by atoms with Gasteiger partial charge in [-0.25, -0.2) is 4.98 Å². The molecule has 128 valence electrons. The molecular weight excluding hydrogens is 350 g/mol. The molecule has 25 heavy (non-hydrogen) atoms. The molecule has 3 aromatic rings. The number of nitrogens with zero attached hydrogens (tertiary/aromatic N) is 2. The Morgan fingerprint density at radius 2 is 2.08 bits per heavy atom. The molecule has 3 heterocycles. The number of thiophene rings is 1. The van der Waals surface area contributed by atoms with Crippen molar-refractivity contribution >= 4 is 28.6 Å². The van der Waals surface area contributed by atoms with Crippen LogP contribution in [0.2, 0.25) is 0 Å². The van der Waals surface area contributed by atoms with Crippen LogP contribution in [0.15, 0.2) is 47.8 Å². The number of amides is 1. The van der Waals surface area contributed by atoms with Crippen molar-refractivity contribution in [1.29, 1.82) is 0 Å². The van der Waals surface area contributed by atoms with Crippen LogP contribution in [0.4, 0.5) is 0 Å². The van der Waals surface area contributed by atoms with Crippen LogP contribution in [-0.2, 0) is 6.54 Å². The Bertz CT molecular complexity index is 872. The van der Waals surface area contributed by atoms with Crippen molar-refractivity contribution in [3.05, 3.63) is 62.6 Å². The molecule has 0 spiro atoms. The van der Waals surface area contributed by atoms with E-state index in [1.54, 1.807) is 11.3 Å². The van der Waals surface area contributed by atoms with Gasteiger partial charge in [0.05, 0.1) is 17.1 Å². The molecular formula is C19H19N3OS2. The quantitative estimate of drug-likeness (QED) is 0.729. The third kappa shape index (κ3) is 3.51. The van der Waals surface area contributed by atoms with Crippen LogP contribution in [0.1, 0.15) is 38.4 Å². The zero-order chi connectivity index (χ0) is 17.2. The van der Waals surface area contributed by atoms with Crippen LogP contribution in [0.5, 0.6) is 0 Å². The van der Waals surface area contributed by atoms with E-state index in [1.807, 2.05) is 30.3 Å². The molecule has 1 amide bonds. The van der Waals surface area contributed by atoms with Crippen LogP contribution < -0.4 is 5.73 Å². The predicted octanol–water partition coefficient (Wildman–Crippen LogP) is 4.31. The van der Waals surface area contributed by atoms with Gasteiger partial charge in [0.1, 0.15) is 5.01 Å². The molecule has 0 aliphatic carbocycles. The van der Waals surface area contributed by atoms with Crippen LogP contribution in [-0.4, -0.2) is 22.3 Å². The third-order valence-electron chi connectivity index (χ3n) is 4.52. The first-order valence-corrected chi connectivity index (χ1v) is 10.0. The normalized spacial score (nSPS) is 17.8. The average Bonchev–Trinajstić information content (AvgIpc) is 3.36. The average molecular weight is 370 g/mol. The molecule has 1 atom stereocenters. The van der Waals surface area contributed by atoms with E-state index in [0.29, 0.717) is 10.9 Å². The number of hydrogen-bond acceptors (Lipinski definition) is 5. The minimum atomic E-state index is -0.340. The van der Waals surface area contributed by atoms with Gasteiger partial charge in [-0.2, -0.15) is 0 Å². The van der Waals surface area contributed by atoms with Gasteiger partial charge in [-0.3, -0.25) is 9.69 Å². The van der Waals surface area contributed by atoms with E-state index in [-0.39, 0.29) is 5.91 Å². The van der Waals surface area contributed by atoms with E-state index in [2.05, 4.69) is 22.4 Å². The summed E-state index contributed by atoms with van der Waals surface area (Å²) in [7, 11) is 0. The molecule has 0 bridgehead atoms. The Morgan fingerprint density at radius 1 is 1.24 bits per heavy atom. The molecule has 6 heteroatoms. The van der Waals surface area contributed by atoms with Crippen molar-refractivity contribution in [3.8, 4) is 11.3 Å². The van der Waals surface area contributed by atoms with Crippen LogP contribution in [0.25, 0.3) is 11.3 Å². The SMILES string of the molecule is NC(=O)c1ccc([C@@H]2CCCN2Cc2nc(-c3ccccc3)cs2)s1. The van der Waals surface area contributed by atoms with Crippen LogP contribution in [0.3, 0.4) is 0 Å². The second-order valence-corrected chi connectivity index (χ2v) is 8.25. The molecule has 1 fully saturated rings. The van der Waals surface area contributed by atoms with E-state index < -0.39 is 0 Å². The van der Waals surface area contributed by atoms with Gasteiger partial charge in [0, 0.05) is 21.9 Å². The summed E-state index contributed by atoms with van der Waals surface area (Å²) >= 11 is 3.24. The summed E-state index contributed by atoms with van der Waals surface area (Å²) in [6.07, 6.45) is 2.29. The molecule has 2 N–H and O–H groups in total. The van der Waals surface area contributed by atoms with Crippen molar-refractivity contribution in [1.82, 2.24) is 9.88 Å². The van der Waals surface area contributed by atoms with Crippen molar-refractivity contribution in [2.45, 2.75) is 25.4 Å². The predicted molar refractivity (Wildman–Crippen MR) is 103 cm³/mol. The number of carbonyl (C=O) groups is 1. The fourth-order valence-corrected chi connectivity index (χ4v) is 5.16. The second-order valence-electron chi connectivity index (χ2n) is 6.19. The van der Waals surface area contributed by atoms with E-state index in [9.17, 15) is 4.79 Å². The van der Waals surface area contributed by atoms with Gasteiger partial charge in [0.2, 0.25) is 0 Å². The molecule has 1 aliphatic rings. The summed E-state index contributed by atoms with van der Waals surface area (Å²) in [5.41, 5.74) is 7.60.